The van der Waals surface area contributed by atoms with E-state index >= 15 is 0 Å². The summed E-state index contributed by atoms with van der Waals surface area (Å²) in [4.78, 5) is 22.1. The third-order valence-electron chi connectivity index (χ3n) is 2.36. The van der Waals surface area contributed by atoms with Crippen molar-refractivity contribution in [3.63, 3.8) is 0 Å². The zero-order chi connectivity index (χ0) is 14.8. The molecule has 21 heavy (non-hydrogen) atoms. The van der Waals surface area contributed by atoms with E-state index in [0.717, 1.165) is 0 Å². The van der Waals surface area contributed by atoms with Gasteiger partial charge in [0.2, 0.25) is 11.8 Å². The largest absolute Gasteiger partial charge is 0.494 e. The van der Waals surface area contributed by atoms with Gasteiger partial charge in [-0.3, -0.25) is 9.59 Å². The maximum atomic E-state index is 12.6. The van der Waals surface area contributed by atoms with E-state index in [0.29, 0.717) is 25.3 Å². The van der Waals surface area contributed by atoms with Crippen molar-refractivity contribution in [1.29, 1.82) is 0 Å². The van der Waals surface area contributed by atoms with Crippen LogP contribution in [0.4, 0.5) is 4.39 Å². The number of benzene rings is 1. The SMILES string of the molecule is Cl.NCC(=O)NCC(=O)NCCCOc1ccc(F)cc1. The highest BCUT2D eigenvalue weighted by Gasteiger charge is 2.02. The first-order valence-corrected chi connectivity index (χ1v) is 6.23. The van der Waals surface area contributed by atoms with E-state index in [-0.39, 0.29) is 43.1 Å². The molecule has 2 amide bonds. The Balaban J connectivity index is 0.00000400. The van der Waals surface area contributed by atoms with Crippen LogP contribution in [-0.4, -0.2) is 38.1 Å². The van der Waals surface area contributed by atoms with Crippen LogP contribution in [0.5, 0.6) is 5.75 Å². The van der Waals surface area contributed by atoms with E-state index in [9.17, 15) is 14.0 Å². The minimum absolute atomic E-state index is 0. The summed E-state index contributed by atoms with van der Waals surface area (Å²) in [6.07, 6.45) is 0.605. The fourth-order valence-corrected chi connectivity index (χ4v) is 1.33. The van der Waals surface area contributed by atoms with Gasteiger partial charge in [0.05, 0.1) is 19.7 Å². The first-order valence-electron chi connectivity index (χ1n) is 6.23. The molecule has 0 bridgehead atoms. The second-order valence-electron chi connectivity index (χ2n) is 3.99. The minimum Gasteiger partial charge on any atom is -0.494 e. The lowest BCUT2D eigenvalue weighted by Crippen LogP contribution is -2.39. The summed E-state index contributed by atoms with van der Waals surface area (Å²) in [6.45, 7) is 0.604. The van der Waals surface area contributed by atoms with Gasteiger partial charge in [0.25, 0.3) is 0 Å². The van der Waals surface area contributed by atoms with Gasteiger partial charge in [0, 0.05) is 6.54 Å². The van der Waals surface area contributed by atoms with E-state index in [2.05, 4.69) is 10.6 Å². The van der Waals surface area contributed by atoms with Gasteiger partial charge in [0.15, 0.2) is 0 Å². The van der Waals surface area contributed by atoms with Crippen LogP contribution in [0, 0.1) is 5.82 Å². The Morgan fingerprint density at radius 3 is 2.43 bits per heavy atom. The van der Waals surface area contributed by atoms with Crippen molar-refractivity contribution >= 4 is 24.2 Å². The molecule has 6 nitrogen and oxygen atoms in total. The highest BCUT2D eigenvalue weighted by Crippen LogP contribution is 2.10. The molecule has 0 radical (unpaired) electrons. The van der Waals surface area contributed by atoms with Crippen molar-refractivity contribution in [3.05, 3.63) is 30.1 Å². The van der Waals surface area contributed by atoms with E-state index < -0.39 is 0 Å². The molecule has 0 heterocycles. The van der Waals surface area contributed by atoms with E-state index in [1.54, 1.807) is 0 Å². The lowest BCUT2D eigenvalue weighted by molar-refractivity contribution is -0.125. The Labute approximate surface area is 128 Å². The molecule has 1 rings (SSSR count). The van der Waals surface area contributed by atoms with E-state index in [4.69, 9.17) is 10.5 Å². The molecule has 0 aromatic heterocycles. The third kappa shape index (κ3) is 8.83. The first-order chi connectivity index (χ1) is 9.61. The van der Waals surface area contributed by atoms with Crippen LogP contribution in [0.25, 0.3) is 0 Å². The number of rotatable bonds is 8. The molecular formula is C13H19ClFN3O3. The number of nitrogens with two attached hydrogens (primary N) is 1. The Morgan fingerprint density at radius 2 is 1.81 bits per heavy atom. The van der Waals surface area contributed by atoms with Crippen molar-refractivity contribution in [2.24, 2.45) is 5.73 Å². The molecule has 4 N–H and O–H groups in total. The van der Waals surface area contributed by atoms with Gasteiger partial charge in [-0.1, -0.05) is 0 Å². The predicted octanol–water partition coefficient (Wildman–Crippen LogP) is 0.207. The monoisotopic (exact) mass is 319 g/mol. The highest BCUT2D eigenvalue weighted by atomic mass is 35.5. The number of halogens is 2. The molecule has 118 valence electrons. The standard InChI is InChI=1S/C13H18FN3O3.ClH/c14-10-2-4-11(5-3-10)20-7-1-6-16-13(19)9-17-12(18)8-15;/h2-5H,1,6-9,15H2,(H,16,19)(H,17,18);1H. The van der Waals surface area contributed by atoms with E-state index in [1.807, 2.05) is 0 Å². The molecule has 0 saturated heterocycles. The first kappa shape index (κ1) is 19.1. The summed E-state index contributed by atoms with van der Waals surface area (Å²) < 4.78 is 18.0. The fourth-order valence-electron chi connectivity index (χ4n) is 1.33. The van der Waals surface area contributed by atoms with Crippen LogP contribution in [0.1, 0.15) is 6.42 Å². The Bertz CT molecular complexity index is 443. The highest BCUT2D eigenvalue weighted by molar-refractivity contribution is 5.85. The summed E-state index contributed by atoms with van der Waals surface area (Å²) in [5.41, 5.74) is 5.08. The van der Waals surface area contributed by atoms with Gasteiger partial charge >= 0.3 is 0 Å². The second kappa shape index (κ2) is 10.9. The van der Waals surface area contributed by atoms with Crippen LogP contribution in [0.2, 0.25) is 0 Å². The maximum Gasteiger partial charge on any atom is 0.239 e. The molecular weight excluding hydrogens is 301 g/mol. The van der Waals surface area contributed by atoms with Crippen LogP contribution in [0.15, 0.2) is 24.3 Å². The molecule has 0 fully saturated rings. The van der Waals surface area contributed by atoms with Gasteiger partial charge in [-0.25, -0.2) is 4.39 Å². The third-order valence-corrected chi connectivity index (χ3v) is 2.36. The molecule has 0 aliphatic rings. The molecule has 0 unspecified atom stereocenters. The lowest BCUT2D eigenvalue weighted by atomic mass is 10.3. The van der Waals surface area contributed by atoms with Crippen molar-refractivity contribution in [2.45, 2.75) is 6.42 Å². The Kier molecular flexibility index (Phi) is 9.91. The summed E-state index contributed by atoms with van der Waals surface area (Å²) in [5, 5.41) is 4.98. The summed E-state index contributed by atoms with van der Waals surface area (Å²) in [5.74, 6) is -0.398. The summed E-state index contributed by atoms with van der Waals surface area (Å²) in [7, 11) is 0. The average Bonchev–Trinajstić information content (AvgIpc) is 2.46. The normalized spacial score (nSPS) is 9.43. The lowest BCUT2D eigenvalue weighted by Gasteiger charge is -2.08. The second-order valence-corrected chi connectivity index (χ2v) is 3.99. The van der Waals surface area contributed by atoms with Crippen LogP contribution in [0.3, 0.4) is 0 Å². The maximum absolute atomic E-state index is 12.6. The number of nitrogens with one attached hydrogen (secondary N) is 2. The Hall–Kier alpha value is -1.86. The van der Waals surface area contributed by atoms with Crippen molar-refractivity contribution in [2.75, 3.05) is 26.2 Å². The molecule has 0 aliphatic heterocycles. The summed E-state index contributed by atoms with van der Waals surface area (Å²) in [6, 6.07) is 5.71. The average molecular weight is 320 g/mol. The van der Waals surface area contributed by atoms with Gasteiger partial charge in [-0.15, -0.1) is 12.4 Å². The summed E-state index contributed by atoms with van der Waals surface area (Å²) >= 11 is 0. The number of amides is 2. The fraction of sp³-hybridized carbons (Fsp3) is 0.385. The topological polar surface area (TPSA) is 93.5 Å². The minimum atomic E-state index is -0.375. The number of carbonyl (C=O) groups is 2. The van der Waals surface area contributed by atoms with Gasteiger partial charge in [0.1, 0.15) is 11.6 Å². The predicted molar refractivity (Wildman–Crippen MR) is 78.8 cm³/mol. The smallest absolute Gasteiger partial charge is 0.239 e. The quantitative estimate of drug-likeness (QED) is 0.597. The molecule has 0 spiro atoms. The zero-order valence-corrected chi connectivity index (χ0v) is 12.2. The number of hydrogen-bond acceptors (Lipinski definition) is 4. The van der Waals surface area contributed by atoms with Crippen LogP contribution >= 0.6 is 12.4 Å². The van der Waals surface area contributed by atoms with Gasteiger partial charge in [-0.2, -0.15) is 0 Å². The molecule has 1 aromatic rings. The van der Waals surface area contributed by atoms with Crippen LogP contribution in [-0.2, 0) is 9.59 Å². The molecule has 0 saturated carbocycles. The molecule has 1 aromatic carbocycles. The number of hydrogen-bond donors (Lipinski definition) is 3. The molecule has 0 aliphatic carbocycles. The van der Waals surface area contributed by atoms with E-state index in [1.165, 1.54) is 24.3 Å². The Morgan fingerprint density at radius 1 is 1.14 bits per heavy atom. The number of ether oxygens (including phenoxy) is 1. The van der Waals surface area contributed by atoms with Crippen LogP contribution < -0.4 is 21.1 Å². The van der Waals surface area contributed by atoms with Crippen molar-refractivity contribution in [1.82, 2.24) is 10.6 Å². The van der Waals surface area contributed by atoms with Gasteiger partial charge < -0.3 is 21.1 Å². The molecule has 0 atom stereocenters. The molecule has 8 heteroatoms. The van der Waals surface area contributed by atoms with Crippen molar-refractivity contribution in [3.8, 4) is 5.75 Å². The van der Waals surface area contributed by atoms with Crippen molar-refractivity contribution < 1.29 is 18.7 Å². The van der Waals surface area contributed by atoms with Gasteiger partial charge in [-0.05, 0) is 30.7 Å². The number of carbonyl (C=O) groups excluding carboxylic acids is 2. The zero-order valence-electron chi connectivity index (χ0n) is 11.4.